The third-order valence-electron chi connectivity index (χ3n) is 2.84. The molecule has 1 aromatic carbocycles. The largest absolute Gasteiger partial charge is 0.496 e. The molecule has 0 atom stereocenters. The van der Waals surface area contributed by atoms with Gasteiger partial charge in [-0.2, -0.15) is 0 Å². The maximum absolute atomic E-state index is 11.8. The van der Waals surface area contributed by atoms with Gasteiger partial charge in [0.15, 0.2) is 0 Å². The van der Waals surface area contributed by atoms with Crippen molar-refractivity contribution < 1.29 is 23.8 Å². The molecule has 6 nitrogen and oxygen atoms in total. The van der Waals surface area contributed by atoms with Crippen LogP contribution in [0.15, 0.2) is 12.1 Å². The number of carbonyl (C=O) groups excluding carboxylic acids is 2. The predicted molar refractivity (Wildman–Crippen MR) is 74.2 cm³/mol. The summed E-state index contributed by atoms with van der Waals surface area (Å²) in [6.07, 6.45) is 0.0979. The van der Waals surface area contributed by atoms with Crippen LogP contribution in [0.2, 0.25) is 0 Å². The van der Waals surface area contributed by atoms with Crippen molar-refractivity contribution in [2.75, 3.05) is 26.6 Å². The summed E-state index contributed by atoms with van der Waals surface area (Å²) in [5.74, 6) is 0.515. The molecule has 0 fully saturated rings. The lowest BCUT2D eigenvalue weighted by Crippen LogP contribution is -2.14. The number of esters is 1. The summed E-state index contributed by atoms with van der Waals surface area (Å²) in [4.78, 5) is 22.7. The molecule has 0 spiro atoms. The van der Waals surface area contributed by atoms with Crippen LogP contribution in [-0.4, -0.2) is 33.2 Å². The van der Waals surface area contributed by atoms with Crippen molar-refractivity contribution in [1.82, 2.24) is 0 Å². The van der Waals surface area contributed by atoms with E-state index >= 15 is 0 Å². The predicted octanol–water partition coefficient (Wildman–Crippen LogP) is 1.90. The minimum Gasteiger partial charge on any atom is -0.496 e. The fourth-order valence-corrected chi connectivity index (χ4v) is 1.79. The molecule has 1 rings (SSSR count). The van der Waals surface area contributed by atoms with Crippen LogP contribution in [0.3, 0.4) is 0 Å². The zero-order chi connectivity index (χ0) is 15.1. The van der Waals surface area contributed by atoms with Crippen molar-refractivity contribution in [3.8, 4) is 11.5 Å². The molecule has 0 aliphatic carbocycles. The lowest BCUT2D eigenvalue weighted by Gasteiger charge is -2.15. The van der Waals surface area contributed by atoms with Crippen LogP contribution in [-0.2, 0) is 14.3 Å². The summed E-state index contributed by atoms with van der Waals surface area (Å²) in [7, 11) is 4.37. The Morgan fingerprint density at radius 3 is 2.35 bits per heavy atom. The third kappa shape index (κ3) is 3.88. The quantitative estimate of drug-likeness (QED) is 0.806. The maximum atomic E-state index is 11.8. The first-order valence-corrected chi connectivity index (χ1v) is 6.11. The van der Waals surface area contributed by atoms with Crippen LogP contribution in [0, 0.1) is 6.92 Å². The molecule has 0 radical (unpaired) electrons. The number of methoxy groups -OCH3 is 3. The Kier molecular flexibility index (Phi) is 5.83. The number of benzene rings is 1. The number of nitrogens with one attached hydrogen (secondary N) is 1. The van der Waals surface area contributed by atoms with Gasteiger partial charge in [0.1, 0.15) is 11.5 Å². The maximum Gasteiger partial charge on any atom is 0.306 e. The molecule has 1 amide bonds. The second-order valence-corrected chi connectivity index (χ2v) is 4.10. The molecule has 110 valence electrons. The Hall–Kier alpha value is -2.24. The van der Waals surface area contributed by atoms with Crippen LogP contribution in [0.1, 0.15) is 18.4 Å². The van der Waals surface area contributed by atoms with Gasteiger partial charge in [0.05, 0.1) is 33.4 Å². The van der Waals surface area contributed by atoms with Crippen molar-refractivity contribution >= 4 is 17.6 Å². The van der Waals surface area contributed by atoms with Gasteiger partial charge in [0.25, 0.3) is 0 Å². The Labute approximate surface area is 118 Å². The van der Waals surface area contributed by atoms with E-state index in [-0.39, 0.29) is 18.7 Å². The SMILES string of the molecule is COC(=O)CCC(=O)Nc1ccc(OC)c(C)c1OC. The summed E-state index contributed by atoms with van der Waals surface area (Å²) in [6.45, 7) is 1.84. The monoisotopic (exact) mass is 281 g/mol. The first-order chi connectivity index (χ1) is 9.53. The molecule has 0 saturated carbocycles. The van der Waals surface area contributed by atoms with E-state index in [1.165, 1.54) is 14.2 Å². The topological polar surface area (TPSA) is 73.9 Å². The van der Waals surface area contributed by atoms with Gasteiger partial charge in [0.2, 0.25) is 5.91 Å². The summed E-state index contributed by atoms with van der Waals surface area (Å²) >= 11 is 0. The number of carbonyl (C=O) groups is 2. The highest BCUT2D eigenvalue weighted by Crippen LogP contribution is 2.34. The van der Waals surface area contributed by atoms with Crippen LogP contribution < -0.4 is 14.8 Å². The zero-order valence-electron chi connectivity index (χ0n) is 12.1. The van der Waals surface area contributed by atoms with Gasteiger partial charge in [-0.1, -0.05) is 0 Å². The van der Waals surface area contributed by atoms with Gasteiger partial charge >= 0.3 is 5.97 Å². The van der Waals surface area contributed by atoms with Gasteiger partial charge in [-0.25, -0.2) is 0 Å². The molecule has 1 aromatic rings. The smallest absolute Gasteiger partial charge is 0.306 e. The van der Waals surface area contributed by atoms with E-state index in [1.54, 1.807) is 19.2 Å². The molecule has 6 heteroatoms. The summed E-state index contributed by atoms with van der Waals surface area (Å²) in [5, 5.41) is 2.71. The average Bonchev–Trinajstić information content (AvgIpc) is 2.45. The Morgan fingerprint density at radius 1 is 1.10 bits per heavy atom. The first-order valence-electron chi connectivity index (χ1n) is 6.11. The van der Waals surface area contributed by atoms with E-state index in [9.17, 15) is 9.59 Å². The molecule has 0 heterocycles. The van der Waals surface area contributed by atoms with Crippen LogP contribution >= 0.6 is 0 Å². The lowest BCUT2D eigenvalue weighted by atomic mass is 10.1. The van der Waals surface area contributed by atoms with Crippen molar-refractivity contribution in [1.29, 1.82) is 0 Å². The fourth-order valence-electron chi connectivity index (χ4n) is 1.79. The molecule has 0 aromatic heterocycles. The molecule has 0 saturated heterocycles. The molecular formula is C14H19NO5. The zero-order valence-corrected chi connectivity index (χ0v) is 12.1. The molecule has 20 heavy (non-hydrogen) atoms. The average molecular weight is 281 g/mol. The van der Waals surface area contributed by atoms with Gasteiger partial charge in [-0.15, -0.1) is 0 Å². The molecule has 0 aliphatic rings. The van der Waals surface area contributed by atoms with Crippen molar-refractivity contribution in [2.45, 2.75) is 19.8 Å². The fraction of sp³-hybridized carbons (Fsp3) is 0.429. The minimum atomic E-state index is -0.418. The number of hydrogen-bond acceptors (Lipinski definition) is 5. The van der Waals surface area contributed by atoms with E-state index in [0.717, 1.165) is 5.56 Å². The second kappa shape index (κ2) is 7.37. The summed E-state index contributed by atoms with van der Waals surface area (Å²) in [6, 6.07) is 3.44. The van der Waals surface area contributed by atoms with Gasteiger partial charge in [-0.05, 0) is 19.1 Å². The number of amides is 1. The van der Waals surface area contributed by atoms with Crippen molar-refractivity contribution in [2.24, 2.45) is 0 Å². The first kappa shape index (κ1) is 15.8. The van der Waals surface area contributed by atoms with Crippen molar-refractivity contribution in [3.63, 3.8) is 0 Å². The minimum absolute atomic E-state index is 0.0415. The summed E-state index contributed by atoms with van der Waals surface area (Å²) in [5.41, 5.74) is 1.33. The third-order valence-corrected chi connectivity index (χ3v) is 2.84. The highest BCUT2D eigenvalue weighted by atomic mass is 16.5. The van der Waals surface area contributed by atoms with E-state index in [4.69, 9.17) is 9.47 Å². The highest BCUT2D eigenvalue weighted by Gasteiger charge is 2.14. The molecule has 0 bridgehead atoms. The van der Waals surface area contributed by atoms with Crippen LogP contribution in [0.5, 0.6) is 11.5 Å². The molecule has 0 unspecified atom stereocenters. The van der Waals surface area contributed by atoms with Crippen LogP contribution in [0.25, 0.3) is 0 Å². The highest BCUT2D eigenvalue weighted by molar-refractivity contribution is 5.94. The lowest BCUT2D eigenvalue weighted by molar-refractivity contribution is -0.141. The second-order valence-electron chi connectivity index (χ2n) is 4.10. The van der Waals surface area contributed by atoms with Gasteiger partial charge in [0, 0.05) is 12.0 Å². The Balaban J connectivity index is 2.79. The number of anilines is 1. The van der Waals surface area contributed by atoms with Crippen LogP contribution in [0.4, 0.5) is 5.69 Å². The number of rotatable bonds is 6. The Morgan fingerprint density at radius 2 is 1.80 bits per heavy atom. The van der Waals surface area contributed by atoms with E-state index in [1.807, 2.05) is 6.92 Å². The van der Waals surface area contributed by atoms with Gasteiger partial charge in [-0.3, -0.25) is 9.59 Å². The van der Waals surface area contributed by atoms with E-state index in [2.05, 4.69) is 10.1 Å². The molecule has 0 aliphatic heterocycles. The number of ether oxygens (including phenoxy) is 3. The normalized spacial score (nSPS) is 9.80. The van der Waals surface area contributed by atoms with E-state index < -0.39 is 5.97 Å². The van der Waals surface area contributed by atoms with Gasteiger partial charge < -0.3 is 19.5 Å². The molecular weight excluding hydrogens is 262 g/mol. The molecule has 1 N–H and O–H groups in total. The van der Waals surface area contributed by atoms with Crippen molar-refractivity contribution in [3.05, 3.63) is 17.7 Å². The standard InChI is InChI=1S/C14H19NO5/c1-9-11(18-2)6-5-10(14(9)20-4)15-12(16)7-8-13(17)19-3/h5-6H,7-8H2,1-4H3,(H,15,16). The van der Waals surface area contributed by atoms with E-state index in [0.29, 0.717) is 17.2 Å². The summed E-state index contributed by atoms with van der Waals surface area (Å²) < 4.78 is 15.0. The number of hydrogen-bond donors (Lipinski definition) is 1. The Bertz CT molecular complexity index is 499.